The standard InChI is InChI=1S/C16H17BrN2O3/c1-3-4-9-22-16(21)19-15(20)8-7-14(18-19)12-6-5-11(2)13(17)10-12/h5-8,10H,3-4,9H2,1-2H3. The molecule has 22 heavy (non-hydrogen) atoms. The molecule has 0 aliphatic rings. The largest absolute Gasteiger partial charge is 0.448 e. The highest BCUT2D eigenvalue weighted by atomic mass is 79.9. The number of carbonyl (C=O) groups is 1. The van der Waals surface area contributed by atoms with Crippen LogP contribution < -0.4 is 5.56 Å². The Balaban J connectivity index is 2.31. The number of halogens is 1. The number of ether oxygens (including phenoxy) is 1. The summed E-state index contributed by atoms with van der Waals surface area (Å²) in [4.78, 5) is 23.7. The third kappa shape index (κ3) is 3.82. The van der Waals surface area contributed by atoms with Gasteiger partial charge >= 0.3 is 6.09 Å². The fourth-order valence-corrected chi connectivity index (χ4v) is 2.19. The number of carbonyl (C=O) groups excluding carboxylic acids is 1. The van der Waals surface area contributed by atoms with Crippen LogP contribution in [-0.2, 0) is 4.74 Å². The molecule has 2 aromatic rings. The summed E-state index contributed by atoms with van der Waals surface area (Å²) in [7, 11) is 0. The van der Waals surface area contributed by atoms with Gasteiger partial charge in [-0.25, -0.2) is 4.79 Å². The highest BCUT2D eigenvalue weighted by Crippen LogP contribution is 2.23. The Morgan fingerprint density at radius 1 is 1.32 bits per heavy atom. The monoisotopic (exact) mass is 364 g/mol. The van der Waals surface area contributed by atoms with Gasteiger partial charge in [-0.3, -0.25) is 4.79 Å². The molecule has 0 radical (unpaired) electrons. The van der Waals surface area contributed by atoms with E-state index in [1.165, 1.54) is 6.07 Å². The molecule has 1 aromatic carbocycles. The van der Waals surface area contributed by atoms with Crippen LogP contribution in [0.4, 0.5) is 4.79 Å². The van der Waals surface area contributed by atoms with E-state index >= 15 is 0 Å². The first-order valence-corrected chi connectivity index (χ1v) is 7.86. The van der Waals surface area contributed by atoms with Gasteiger partial charge < -0.3 is 4.74 Å². The number of aryl methyl sites for hydroxylation is 1. The molecule has 0 spiro atoms. The zero-order valence-corrected chi connectivity index (χ0v) is 14.1. The number of hydrogen-bond acceptors (Lipinski definition) is 4. The van der Waals surface area contributed by atoms with Crippen molar-refractivity contribution in [3.8, 4) is 11.3 Å². The summed E-state index contributed by atoms with van der Waals surface area (Å²) >= 11 is 3.46. The van der Waals surface area contributed by atoms with Crippen LogP contribution in [0.25, 0.3) is 11.3 Å². The predicted octanol–water partition coefficient (Wildman–Crippen LogP) is 3.77. The number of aromatic nitrogens is 2. The Bertz CT molecular complexity index is 740. The molecule has 0 amide bonds. The van der Waals surface area contributed by atoms with Crippen molar-refractivity contribution in [2.75, 3.05) is 6.61 Å². The van der Waals surface area contributed by atoms with Gasteiger partial charge in [0.1, 0.15) is 0 Å². The highest BCUT2D eigenvalue weighted by Gasteiger charge is 2.12. The zero-order valence-electron chi connectivity index (χ0n) is 12.5. The van der Waals surface area contributed by atoms with Crippen molar-refractivity contribution >= 4 is 22.0 Å². The van der Waals surface area contributed by atoms with Gasteiger partial charge in [0.05, 0.1) is 12.3 Å². The lowest BCUT2D eigenvalue weighted by Crippen LogP contribution is -2.30. The average Bonchev–Trinajstić information content (AvgIpc) is 2.50. The molecule has 0 bridgehead atoms. The van der Waals surface area contributed by atoms with Gasteiger partial charge in [-0.05, 0) is 31.0 Å². The van der Waals surface area contributed by atoms with Gasteiger partial charge in [-0.1, -0.05) is 41.4 Å². The number of nitrogens with zero attached hydrogens (tertiary/aromatic N) is 2. The Hall–Kier alpha value is -1.95. The molecule has 0 atom stereocenters. The number of hydrogen-bond donors (Lipinski definition) is 0. The fraction of sp³-hybridized carbons (Fsp3) is 0.312. The second-order valence-electron chi connectivity index (χ2n) is 4.90. The maximum atomic E-state index is 11.9. The van der Waals surface area contributed by atoms with Crippen LogP contribution in [0.15, 0.2) is 39.6 Å². The van der Waals surface area contributed by atoms with E-state index in [1.807, 2.05) is 32.0 Å². The molecule has 6 heteroatoms. The lowest BCUT2D eigenvalue weighted by Gasteiger charge is -2.08. The Morgan fingerprint density at radius 3 is 2.77 bits per heavy atom. The van der Waals surface area contributed by atoms with Crippen LogP contribution in [0, 0.1) is 6.92 Å². The number of rotatable bonds is 4. The number of unbranched alkanes of at least 4 members (excludes halogenated alkanes) is 1. The van der Waals surface area contributed by atoms with Gasteiger partial charge in [0.25, 0.3) is 5.56 Å². The minimum absolute atomic E-state index is 0.282. The minimum atomic E-state index is -0.744. The molecule has 2 rings (SSSR count). The van der Waals surface area contributed by atoms with Crippen molar-refractivity contribution in [1.29, 1.82) is 0 Å². The van der Waals surface area contributed by atoms with E-state index in [2.05, 4.69) is 21.0 Å². The topological polar surface area (TPSA) is 61.2 Å². The average molecular weight is 365 g/mol. The van der Waals surface area contributed by atoms with Crippen LogP contribution in [-0.4, -0.2) is 22.5 Å². The van der Waals surface area contributed by atoms with E-state index in [0.717, 1.165) is 33.1 Å². The quantitative estimate of drug-likeness (QED) is 0.774. The normalized spacial score (nSPS) is 10.5. The molecule has 0 saturated heterocycles. The summed E-state index contributed by atoms with van der Waals surface area (Å²) < 4.78 is 6.74. The molecule has 0 N–H and O–H groups in total. The molecule has 0 aliphatic carbocycles. The Morgan fingerprint density at radius 2 is 2.09 bits per heavy atom. The van der Waals surface area contributed by atoms with Crippen LogP contribution in [0.3, 0.4) is 0 Å². The van der Waals surface area contributed by atoms with Crippen molar-refractivity contribution in [2.24, 2.45) is 0 Å². The molecule has 0 unspecified atom stereocenters. The highest BCUT2D eigenvalue weighted by molar-refractivity contribution is 9.10. The van der Waals surface area contributed by atoms with E-state index in [1.54, 1.807) is 6.07 Å². The van der Waals surface area contributed by atoms with Crippen LogP contribution in [0.5, 0.6) is 0 Å². The van der Waals surface area contributed by atoms with E-state index in [-0.39, 0.29) is 6.61 Å². The van der Waals surface area contributed by atoms with E-state index in [9.17, 15) is 9.59 Å². The first-order chi connectivity index (χ1) is 10.5. The van der Waals surface area contributed by atoms with Gasteiger partial charge in [-0.2, -0.15) is 5.10 Å². The summed E-state index contributed by atoms with van der Waals surface area (Å²) in [5, 5.41) is 4.10. The van der Waals surface area contributed by atoms with Crippen LogP contribution >= 0.6 is 15.9 Å². The molecule has 0 fully saturated rings. The van der Waals surface area contributed by atoms with E-state index in [4.69, 9.17) is 4.74 Å². The van der Waals surface area contributed by atoms with Gasteiger partial charge in [0.2, 0.25) is 0 Å². The zero-order chi connectivity index (χ0) is 16.1. The predicted molar refractivity (Wildman–Crippen MR) is 88.0 cm³/mol. The van der Waals surface area contributed by atoms with Gasteiger partial charge in [-0.15, -0.1) is 4.68 Å². The maximum Gasteiger partial charge on any atom is 0.438 e. The summed E-state index contributed by atoms with van der Waals surface area (Å²) in [5.74, 6) is 0. The molecule has 1 heterocycles. The second kappa shape index (κ2) is 7.35. The first-order valence-electron chi connectivity index (χ1n) is 7.07. The summed E-state index contributed by atoms with van der Waals surface area (Å²) in [6, 6.07) is 8.64. The third-order valence-electron chi connectivity index (χ3n) is 3.16. The van der Waals surface area contributed by atoms with Crippen LogP contribution in [0.1, 0.15) is 25.3 Å². The summed E-state index contributed by atoms with van der Waals surface area (Å²) in [5.41, 5.74) is 1.94. The molecule has 0 saturated carbocycles. The summed E-state index contributed by atoms with van der Waals surface area (Å²) in [6.07, 6.45) is 0.921. The van der Waals surface area contributed by atoms with Gasteiger partial charge in [0.15, 0.2) is 0 Å². The Kier molecular flexibility index (Phi) is 5.49. The van der Waals surface area contributed by atoms with Gasteiger partial charge in [0, 0.05) is 16.1 Å². The second-order valence-corrected chi connectivity index (χ2v) is 5.75. The molecule has 1 aromatic heterocycles. The van der Waals surface area contributed by atoms with Crippen molar-refractivity contribution in [1.82, 2.24) is 9.78 Å². The SMILES string of the molecule is CCCCOC(=O)n1nc(-c2ccc(C)c(Br)c2)ccc1=O. The van der Waals surface area contributed by atoms with Crippen molar-refractivity contribution in [3.63, 3.8) is 0 Å². The minimum Gasteiger partial charge on any atom is -0.448 e. The molecular weight excluding hydrogens is 348 g/mol. The number of benzene rings is 1. The maximum absolute atomic E-state index is 11.9. The molecule has 5 nitrogen and oxygen atoms in total. The van der Waals surface area contributed by atoms with E-state index in [0.29, 0.717) is 5.69 Å². The lowest BCUT2D eigenvalue weighted by molar-refractivity contribution is 0.141. The lowest BCUT2D eigenvalue weighted by atomic mass is 10.1. The smallest absolute Gasteiger partial charge is 0.438 e. The molecular formula is C16H17BrN2O3. The Labute approximate surface area is 137 Å². The van der Waals surface area contributed by atoms with E-state index < -0.39 is 11.7 Å². The first kappa shape index (κ1) is 16.4. The molecule has 0 aliphatic heterocycles. The fourth-order valence-electron chi connectivity index (χ4n) is 1.81. The van der Waals surface area contributed by atoms with Crippen molar-refractivity contribution in [3.05, 3.63) is 50.7 Å². The van der Waals surface area contributed by atoms with Crippen LogP contribution in [0.2, 0.25) is 0 Å². The molecule has 116 valence electrons. The van der Waals surface area contributed by atoms with Crippen molar-refractivity contribution < 1.29 is 9.53 Å². The summed E-state index contributed by atoms with van der Waals surface area (Å²) in [6.45, 7) is 4.26. The third-order valence-corrected chi connectivity index (χ3v) is 4.02. The van der Waals surface area contributed by atoms with Crippen molar-refractivity contribution in [2.45, 2.75) is 26.7 Å².